The standard InChI is InChI=1S/C16H21F3N2O.ClH/c1-11(9-15(22)21-8-7-20-12(2)10-21)13-3-5-14(6-4-13)16(17,18)19;/h3-6,11-12,20H,7-10H2,1-2H3;1H. The maximum atomic E-state index is 12.5. The molecule has 1 aromatic carbocycles. The first-order chi connectivity index (χ1) is 10.3. The van der Waals surface area contributed by atoms with Crippen molar-refractivity contribution in [2.75, 3.05) is 19.6 Å². The van der Waals surface area contributed by atoms with Crippen molar-refractivity contribution in [2.24, 2.45) is 0 Å². The molecule has 1 aromatic rings. The lowest BCUT2D eigenvalue weighted by Crippen LogP contribution is -2.51. The predicted molar refractivity (Wildman–Crippen MR) is 85.8 cm³/mol. The summed E-state index contributed by atoms with van der Waals surface area (Å²) in [5.41, 5.74) is 0.0928. The molecule has 0 bridgehead atoms. The van der Waals surface area contributed by atoms with Crippen LogP contribution >= 0.6 is 12.4 Å². The van der Waals surface area contributed by atoms with Crippen molar-refractivity contribution < 1.29 is 18.0 Å². The van der Waals surface area contributed by atoms with Gasteiger partial charge in [-0.1, -0.05) is 19.1 Å². The fraction of sp³-hybridized carbons (Fsp3) is 0.562. The highest BCUT2D eigenvalue weighted by molar-refractivity contribution is 5.85. The van der Waals surface area contributed by atoms with Gasteiger partial charge in [-0.05, 0) is 30.5 Å². The van der Waals surface area contributed by atoms with Crippen LogP contribution in [0.1, 0.15) is 37.3 Å². The predicted octanol–water partition coefficient (Wildman–Crippen LogP) is 3.44. The van der Waals surface area contributed by atoms with Gasteiger partial charge in [-0.15, -0.1) is 12.4 Å². The Kier molecular flexibility index (Phi) is 6.89. The molecule has 2 rings (SSSR count). The number of carbonyl (C=O) groups is 1. The molecule has 0 radical (unpaired) electrons. The molecule has 1 aliphatic heterocycles. The number of hydrogen-bond acceptors (Lipinski definition) is 2. The molecule has 2 atom stereocenters. The Hall–Kier alpha value is -1.27. The zero-order chi connectivity index (χ0) is 16.3. The monoisotopic (exact) mass is 350 g/mol. The number of piperazine rings is 1. The van der Waals surface area contributed by atoms with Crippen molar-refractivity contribution in [2.45, 2.75) is 38.4 Å². The van der Waals surface area contributed by atoms with Gasteiger partial charge in [0.1, 0.15) is 0 Å². The number of amides is 1. The van der Waals surface area contributed by atoms with Gasteiger partial charge in [-0.2, -0.15) is 13.2 Å². The number of benzene rings is 1. The van der Waals surface area contributed by atoms with E-state index in [1.54, 1.807) is 0 Å². The van der Waals surface area contributed by atoms with E-state index in [2.05, 4.69) is 5.32 Å². The van der Waals surface area contributed by atoms with Crippen molar-refractivity contribution in [1.82, 2.24) is 10.2 Å². The van der Waals surface area contributed by atoms with Crippen LogP contribution in [0.2, 0.25) is 0 Å². The van der Waals surface area contributed by atoms with Gasteiger partial charge in [0, 0.05) is 32.1 Å². The SMILES string of the molecule is CC1CN(C(=O)CC(C)c2ccc(C(F)(F)F)cc2)CCN1.Cl. The van der Waals surface area contributed by atoms with Crippen molar-refractivity contribution in [3.05, 3.63) is 35.4 Å². The summed E-state index contributed by atoms with van der Waals surface area (Å²) < 4.78 is 37.6. The van der Waals surface area contributed by atoms with Crippen LogP contribution in [-0.2, 0) is 11.0 Å². The number of hydrogen-bond donors (Lipinski definition) is 1. The lowest BCUT2D eigenvalue weighted by molar-refractivity contribution is -0.137. The van der Waals surface area contributed by atoms with E-state index >= 15 is 0 Å². The summed E-state index contributed by atoms with van der Waals surface area (Å²) in [7, 11) is 0. The molecule has 0 aliphatic carbocycles. The minimum Gasteiger partial charge on any atom is -0.340 e. The third-order valence-electron chi connectivity index (χ3n) is 4.01. The zero-order valence-corrected chi connectivity index (χ0v) is 14.0. The summed E-state index contributed by atoms with van der Waals surface area (Å²) in [6.45, 7) is 6.04. The van der Waals surface area contributed by atoms with E-state index in [-0.39, 0.29) is 30.3 Å². The summed E-state index contributed by atoms with van der Waals surface area (Å²) in [5, 5.41) is 3.27. The molecule has 0 spiro atoms. The third-order valence-corrected chi connectivity index (χ3v) is 4.01. The summed E-state index contributed by atoms with van der Waals surface area (Å²) in [6, 6.07) is 5.34. The van der Waals surface area contributed by atoms with E-state index in [4.69, 9.17) is 0 Å². The Balaban J connectivity index is 0.00000264. The van der Waals surface area contributed by atoms with Gasteiger partial charge in [-0.25, -0.2) is 0 Å². The number of nitrogens with one attached hydrogen (secondary N) is 1. The van der Waals surface area contributed by atoms with E-state index in [9.17, 15) is 18.0 Å². The van der Waals surface area contributed by atoms with Crippen LogP contribution in [-0.4, -0.2) is 36.5 Å². The van der Waals surface area contributed by atoms with Crippen LogP contribution in [0, 0.1) is 0 Å². The van der Waals surface area contributed by atoms with Crippen LogP contribution in [0.25, 0.3) is 0 Å². The molecule has 3 nitrogen and oxygen atoms in total. The molecule has 2 unspecified atom stereocenters. The normalized spacial score (nSPS) is 19.9. The summed E-state index contributed by atoms with van der Waals surface area (Å²) >= 11 is 0. The number of carbonyl (C=O) groups excluding carboxylic acids is 1. The molecule has 0 aromatic heterocycles. The van der Waals surface area contributed by atoms with Gasteiger partial charge in [-0.3, -0.25) is 4.79 Å². The van der Waals surface area contributed by atoms with Crippen LogP contribution in [0.3, 0.4) is 0 Å². The van der Waals surface area contributed by atoms with Crippen molar-refractivity contribution in [3.63, 3.8) is 0 Å². The summed E-state index contributed by atoms with van der Waals surface area (Å²) in [4.78, 5) is 14.1. The summed E-state index contributed by atoms with van der Waals surface area (Å²) in [6.07, 6.45) is -4.01. The Morgan fingerprint density at radius 2 is 1.96 bits per heavy atom. The van der Waals surface area contributed by atoms with Crippen LogP contribution < -0.4 is 5.32 Å². The molecular weight excluding hydrogens is 329 g/mol. The van der Waals surface area contributed by atoms with Crippen LogP contribution in [0.4, 0.5) is 13.2 Å². The molecule has 7 heteroatoms. The molecule has 1 heterocycles. The molecular formula is C16H22ClF3N2O. The Bertz CT molecular complexity index is 519. The van der Waals surface area contributed by atoms with Crippen LogP contribution in [0.15, 0.2) is 24.3 Å². The van der Waals surface area contributed by atoms with E-state index in [0.717, 1.165) is 24.2 Å². The lowest BCUT2D eigenvalue weighted by atomic mass is 9.96. The van der Waals surface area contributed by atoms with Gasteiger partial charge in [0.05, 0.1) is 5.56 Å². The maximum Gasteiger partial charge on any atom is 0.416 e. The Labute approximate surface area is 140 Å². The van der Waals surface area contributed by atoms with Crippen molar-refractivity contribution in [1.29, 1.82) is 0 Å². The van der Waals surface area contributed by atoms with Gasteiger partial charge < -0.3 is 10.2 Å². The minimum absolute atomic E-state index is 0. The first kappa shape index (κ1) is 19.8. The fourth-order valence-electron chi connectivity index (χ4n) is 2.67. The molecule has 1 saturated heterocycles. The average molecular weight is 351 g/mol. The lowest BCUT2D eigenvalue weighted by Gasteiger charge is -2.32. The van der Waals surface area contributed by atoms with E-state index < -0.39 is 11.7 Å². The Morgan fingerprint density at radius 3 is 2.48 bits per heavy atom. The van der Waals surface area contributed by atoms with Gasteiger partial charge >= 0.3 is 6.18 Å². The maximum absolute atomic E-state index is 12.5. The quantitative estimate of drug-likeness (QED) is 0.905. The Morgan fingerprint density at radius 1 is 1.35 bits per heavy atom. The number of rotatable bonds is 3. The first-order valence-electron chi connectivity index (χ1n) is 7.45. The molecule has 23 heavy (non-hydrogen) atoms. The minimum atomic E-state index is -4.32. The topological polar surface area (TPSA) is 32.3 Å². The molecule has 130 valence electrons. The van der Waals surface area contributed by atoms with Gasteiger partial charge in [0.15, 0.2) is 0 Å². The number of alkyl halides is 3. The molecule has 0 saturated carbocycles. The second-order valence-corrected chi connectivity index (χ2v) is 5.92. The zero-order valence-electron chi connectivity index (χ0n) is 13.2. The van der Waals surface area contributed by atoms with E-state index in [1.165, 1.54) is 12.1 Å². The fourth-order valence-corrected chi connectivity index (χ4v) is 2.67. The van der Waals surface area contributed by atoms with E-state index in [1.807, 2.05) is 18.7 Å². The second-order valence-electron chi connectivity index (χ2n) is 5.92. The van der Waals surface area contributed by atoms with Gasteiger partial charge in [0.25, 0.3) is 0 Å². The van der Waals surface area contributed by atoms with Crippen LogP contribution in [0.5, 0.6) is 0 Å². The molecule has 1 fully saturated rings. The highest BCUT2D eigenvalue weighted by Gasteiger charge is 2.30. The van der Waals surface area contributed by atoms with Gasteiger partial charge in [0.2, 0.25) is 5.91 Å². The second kappa shape index (κ2) is 8.02. The average Bonchev–Trinajstić information content (AvgIpc) is 2.46. The molecule has 1 aliphatic rings. The number of halogens is 4. The first-order valence-corrected chi connectivity index (χ1v) is 7.45. The summed E-state index contributed by atoms with van der Waals surface area (Å²) in [5.74, 6) is -0.0410. The van der Waals surface area contributed by atoms with E-state index in [0.29, 0.717) is 19.5 Å². The van der Waals surface area contributed by atoms with Crippen molar-refractivity contribution >= 4 is 18.3 Å². The molecule has 1 amide bonds. The molecule has 1 N–H and O–H groups in total. The van der Waals surface area contributed by atoms with Crippen molar-refractivity contribution in [3.8, 4) is 0 Å². The smallest absolute Gasteiger partial charge is 0.340 e. The highest BCUT2D eigenvalue weighted by Crippen LogP contribution is 2.30. The largest absolute Gasteiger partial charge is 0.416 e. The third kappa shape index (κ3) is 5.39. The number of nitrogens with zero attached hydrogens (tertiary/aromatic N) is 1. The highest BCUT2D eigenvalue weighted by atomic mass is 35.5.